The number of hydrogen-bond acceptors (Lipinski definition) is 6. The molecule has 2 heterocycles. The Morgan fingerprint density at radius 2 is 2.24 bits per heavy atom. The van der Waals surface area contributed by atoms with Crippen LogP contribution in [0.2, 0.25) is 0 Å². The molecule has 0 spiro atoms. The van der Waals surface area contributed by atoms with Crippen LogP contribution in [0.3, 0.4) is 0 Å². The Balaban J connectivity index is 1.87. The monoisotopic (exact) mass is 378 g/mol. The van der Waals surface area contributed by atoms with Crippen molar-refractivity contribution >= 4 is 13.7 Å². The molecule has 0 saturated carbocycles. The quantitative estimate of drug-likeness (QED) is 0.382. The minimum absolute atomic E-state index is 0.0369. The van der Waals surface area contributed by atoms with Crippen LogP contribution in [0.4, 0.5) is 0 Å². The van der Waals surface area contributed by atoms with Crippen molar-refractivity contribution in [1.82, 2.24) is 10.2 Å². The Kier molecular flexibility index (Phi) is 7.86. The van der Waals surface area contributed by atoms with E-state index in [0.717, 1.165) is 38.7 Å². The summed E-state index contributed by atoms with van der Waals surface area (Å²) in [7, 11) is -2.84. The van der Waals surface area contributed by atoms with Crippen LogP contribution >= 0.6 is 7.82 Å². The summed E-state index contributed by atoms with van der Waals surface area (Å²) in [5.41, 5.74) is 0. The second-order valence-corrected chi connectivity index (χ2v) is 7.39. The Labute approximate surface area is 147 Å². The van der Waals surface area contributed by atoms with Gasteiger partial charge in [-0.05, 0) is 25.7 Å². The molecule has 25 heavy (non-hydrogen) atoms. The molecule has 3 atom stereocenters. The average molecular weight is 378 g/mol. The van der Waals surface area contributed by atoms with Gasteiger partial charge in [-0.25, -0.2) is 4.57 Å². The van der Waals surface area contributed by atoms with E-state index in [1.54, 1.807) is 13.3 Å². The van der Waals surface area contributed by atoms with Crippen LogP contribution in [0, 0.1) is 0 Å². The van der Waals surface area contributed by atoms with Gasteiger partial charge >= 0.3 is 7.82 Å². The Morgan fingerprint density at radius 1 is 1.44 bits per heavy atom. The first-order chi connectivity index (χ1) is 11.9. The van der Waals surface area contributed by atoms with E-state index < -0.39 is 14.2 Å². The van der Waals surface area contributed by atoms with Gasteiger partial charge in [0.15, 0.2) is 0 Å². The first-order valence-electron chi connectivity index (χ1n) is 8.51. The molecule has 1 amide bonds. The molecule has 2 aliphatic heterocycles. The largest absolute Gasteiger partial charge is 0.469 e. The zero-order valence-electron chi connectivity index (χ0n) is 14.4. The number of carbonyl (C=O) groups excluding carboxylic acids is 1. The van der Waals surface area contributed by atoms with Gasteiger partial charge in [0.05, 0.1) is 18.8 Å². The molecular weight excluding hydrogens is 351 g/mol. The maximum atomic E-state index is 11.5. The summed E-state index contributed by atoms with van der Waals surface area (Å²) in [4.78, 5) is 30.8. The van der Waals surface area contributed by atoms with Gasteiger partial charge in [0.1, 0.15) is 0 Å². The summed E-state index contributed by atoms with van der Waals surface area (Å²) < 4.78 is 26.3. The number of nitrogens with one attached hydrogen (secondary N) is 1. The molecule has 0 radical (unpaired) electrons. The highest BCUT2D eigenvalue weighted by molar-refractivity contribution is 7.46. The SMILES string of the molecule is COC1NC(=O)C=CN1C(CCCCCOP(=O)(O)O)[C@H]1CCCO1. The molecule has 2 rings (SSSR count). The predicted molar refractivity (Wildman–Crippen MR) is 89.1 cm³/mol. The summed E-state index contributed by atoms with van der Waals surface area (Å²) in [5, 5.41) is 2.76. The second-order valence-electron chi connectivity index (χ2n) is 6.15. The highest BCUT2D eigenvalue weighted by atomic mass is 31.2. The molecule has 2 aliphatic rings. The molecule has 10 heteroatoms. The highest BCUT2D eigenvalue weighted by Crippen LogP contribution is 2.36. The van der Waals surface area contributed by atoms with Gasteiger partial charge in [0.25, 0.3) is 0 Å². The van der Waals surface area contributed by atoms with Crippen LogP contribution in [0.15, 0.2) is 12.3 Å². The number of unbranched alkanes of at least 4 members (excludes halogenated alkanes) is 2. The highest BCUT2D eigenvalue weighted by Gasteiger charge is 2.34. The molecule has 0 aromatic rings. The molecular formula is C15H27N2O7P. The van der Waals surface area contributed by atoms with Crippen LogP contribution in [0.1, 0.15) is 38.5 Å². The molecule has 2 unspecified atom stereocenters. The molecule has 0 bridgehead atoms. The lowest BCUT2D eigenvalue weighted by Gasteiger charge is -2.40. The standard InChI is InChI=1S/C15H27N2O7P/c1-22-15-16-14(18)8-9-17(15)12(13-7-5-10-23-13)6-3-2-4-11-24-25(19,20)21/h8-9,12-13,15H,2-7,10-11H2,1H3,(H,16,18)(H2,19,20,21)/t12?,13-,15?/m1/s1. The van der Waals surface area contributed by atoms with Crippen LogP contribution in [-0.2, 0) is 23.4 Å². The normalized spacial score (nSPS) is 25.2. The Morgan fingerprint density at radius 3 is 2.88 bits per heavy atom. The predicted octanol–water partition coefficient (Wildman–Crippen LogP) is 1.08. The number of phosphoric acid groups is 1. The van der Waals surface area contributed by atoms with Gasteiger partial charge < -0.3 is 29.5 Å². The summed E-state index contributed by atoms with van der Waals surface area (Å²) in [6, 6.07) is 0.0620. The third kappa shape index (κ3) is 6.69. The van der Waals surface area contributed by atoms with Crippen LogP contribution in [-0.4, -0.2) is 59.4 Å². The van der Waals surface area contributed by atoms with Crippen LogP contribution in [0.25, 0.3) is 0 Å². The minimum atomic E-state index is -4.38. The molecule has 144 valence electrons. The lowest BCUT2D eigenvalue weighted by molar-refractivity contribution is -0.132. The van der Waals surface area contributed by atoms with Crippen LogP contribution < -0.4 is 5.32 Å². The fraction of sp³-hybridized carbons (Fsp3) is 0.800. The van der Waals surface area contributed by atoms with Crippen molar-refractivity contribution < 1.29 is 33.1 Å². The van der Waals surface area contributed by atoms with E-state index in [0.29, 0.717) is 6.42 Å². The molecule has 0 aliphatic carbocycles. The average Bonchev–Trinajstić information content (AvgIpc) is 3.08. The van der Waals surface area contributed by atoms with Gasteiger partial charge in [0, 0.05) is 26.0 Å². The smallest absolute Gasteiger partial charge is 0.376 e. The zero-order valence-corrected chi connectivity index (χ0v) is 15.3. The topological polar surface area (TPSA) is 118 Å². The summed E-state index contributed by atoms with van der Waals surface area (Å²) in [5.74, 6) is -0.191. The number of methoxy groups -OCH3 is 1. The van der Waals surface area contributed by atoms with Crippen molar-refractivity contribution in [2.24, 2.45) is 0 Å². The molecule has 1 saturated heterocycles. The summed E-state index contributed by atoms with van der Waals surface area (Å²) in [6.45, 7) is 0.772. The first kappa shape index (κ1) is 20.4. The van der Waals surface area contributed by atoms with Crippen molar-refractivity contribution in [3.05, 3.63) is 12.3 Å². The van der Waals surface area contributed by atoms with Gasteiger partial charge in [0.2, 0.25) is 12.3 Å². The fourth-order valence-electron chi connectivity index (χ4n) is 3.19. The van der Waals surface area contributed by atoms with Crippen molar-refractivity contribution in [3.8, 4) is 0 Å². The number of hydrogen-bond donors (Lipinski definition) is 3. The molecule has 1 fully saturated rings. The maximum absolute atomic E-state index is 11.5. The van der Waals surface area contributed by atoms with Gasteiger partial charge in [-0.2, -0.15) is 0 Å². The van der Waals surface area contributed by atoms with Crippen molar-refractivity contribution in [1.29, 1.82) is 0 Å². The third-order valence-corrected chi connectivity index (χ3v) is 4.86. The maximum Gasteiger partial charge on any atom is 0.469 e. The molecule has 0 aromatic heterocycles. The molecule has 3 N–H and O–H groups in total. The van der Waals surface area contributed by atoms with Gasteiger partial charge in [-0.3, -0.25) is 9.32 Å². The summed E-state index contributed by atoms with van der Waals surface area (Å²) in [6.07, 6.45) is 7.77. The van der Waals surface area contributed by atoms with E-state index in [1.165, 1.54) is 6.08 Å². The van der Waals surface area contributed by atoms with Crippen molar-refractivity contribution in [3.63, 3.8) is 0 Å². The van der Waals surface area contributed by atoms with E-state index in [-0.39, 0.29) is 24.7 Å². The van der Waals surface area contributed by atoms with Gasteiger partial charge in [-0.1, -0.05) is 12.8 Å². The number of ether oxygens (including phenoxy) is 2. The number of amides is 1. The van der Waals surface area contributed by atoms with Crippen molar-refractivity contribution in [2.45, 2.75) is 57.0 Å². The zero-order chi connectivity index (χ0) is 18.3. The Bertz CT molecular complexity index is 504. The third-order valence-electron chi connectivity index (χ3n) is 4.34. The van der Waals surface area contributed by atoms with E-state index in [4.69, 9.17) is 19.3 Å². The van der Waals surface area contributed by atoms with Gasteiger partial charge in [-0.15, -0.1) is 0 Å². The summed E-state index contributed by atoms with van der Waals surface area (Å²) >= 11 is 0. The van der Waals surface area contributed by atoms with E-state index in [1.807, 2.05) is 4.90 Å². The number of rotatable bonds is 10. The lowest BCUT2D eigenvalue weighted by atomic mass is 9.99. The second kappa shape index (κ2) is 9.66. The van der Waals surface area contributed by atoms with Crippen molar-refractivity contribution in [2.75, 3.05) is 20.3 Å². The number of phosphoric ester groups is 1. The Hall–Kier alpha value is -0.960. The van der Waals surface area contributed by atoms with Crippen LogP contribution in [0.5, 0.6) is 0 Å². The molecule has 9 nitrogen and oxygen atoms in total. The molecule has 0 aromatic carbocycles. The van der Waals surface area contributed by atoms with E-state index in [2.05, 4.69) is 9.84 Å². The van der Waals surface area contributed by atoms with E-state index >= 15 is 0 Å². The number of nitrogens with zero attached hydrogens (tertiary/aromatic N) is 1. The lowest BCUT2D eigenvalue weighted by Crippen LogP contribution is -2.56. The number of carbonyl (C=O) groups is 1. The minimum Gasteiger partial charge on any atom is -0.376 e. The fourth-order valence-corrected chi connectivity index (χ4v) is 3.56. The van der Waals surface area contributed by atoms with E-state index in [9.17, 15) is 9.36 Å². The first-order valence-corrected chi connectivity index (χ1v) is 10.0.